The number of likely N-dealkylation sites (N-methyl/N-ethyl adjacent to an activating group) is 1. The van der Waals surface area contributed by atoms with E-state index in [1.54, 1.807) is 6.07 Å². The summed E-state index contributed by atoms with van der Waals surface area (Å²) in [5.41, 5.74) is 1.14. The van der Waals surface area contributed by atoms with E-state index in [9.17, 15) is 14.4 Å². The topological polar surface area (TPSA) is 105 Å². The molecule has 0 aromatic heterocycles. The van der Waals surface area contributed by atoms with Crippen molar-refractivity contribution < 1.29 is 29.0 Å². The maximum Gasteiger partial charge on any atom is 0.341 e. The van der Waals surface area contributed by atoms with Gasteiger partial charge in [-0.25, -0.2) is 4.79 Å². The zero-order valence-electron chi connectivity index (χ0n) is 18.0. The van der Waals surface area contributed by atoms with Gasteiger partial charge in [-0.05, 0) is 50.6 Å². The molecule has 1 aliphatic heterocycles. The molecular formula is C22H32N2O6. The average Bonchev–Trinajstić information content (AvgIpc) is 2.92. The van der Waals surface area contributed by atoms with Crippen molar-refractivity contribution >= 4 is 17.8 Å². The van der Waals surface area contributed by atoms with Gasteiger partial charge >= 0.3 is 11.9 Å². The molecule has 2 unspecified atom stereocenters. The first-order valence-electron chi connectivity index (χ1n) is 10.3. The summed E-state index contributed by atoms with van der Waals surface area (Å²) >= 11 is 0. The highest BCUT2D eigenvalue weighted by atomic mass is 16.6. The third-order valence-electron chi connectivity index (χ3n) is 5.71. The Hall–Kier alpha value is -2.45. The van der Waals surface area contributed by atoms with Crippen LogP contribution in [0.4, 0.5) is 0 Å². The van der Waals surface area contributed by atoms with E-state index in [-0.39, 0.29) is 11.8 Å². The number of amides is 1. The van der Waals surface area contributed by atoms with E-state index >= 15 is 0 Å². The number of nitrogens with zero attached hydrogens (tertiary/aromatic N) is 1. The predicted octanol–water partition coefficient (Wildman–Crippen LogP) is 1.96. The van der Waals surface area contributed by atoms with Crippen LogP contribution in [0.1, 0.15) is 44.6 Å². The van der Waals surface area contributed by atoms with Crippen LogP contribution < -0.4 is 10.1 Å². The fraction of sp³-hybridized carbons (Fsp3) is 0.591. The second kappa shape index (κ2) is 11.1. The first kappa shape index (κ1) is 23.8. The molecule has 1 heterocycles. The van der Waals surface area contributed by atoms with Crippen LogP contribution in [0.25, 0.3) is 0 Å². The predicted molar refractivity (Wildman–Crippen MR) is 111 cm³/mol. The monoisotopic (exact) mass is 420 g/mol. The second-order valence-electron chi connectivity index (χ2n) is 7.88. The highest BCUT2D eigenvalue weighted by molar-refractivity contribution is 5.87. The van der Waals surface area contributed by atoms with E-state index in [4.69, 9.17) is 14.6 Å². The number of ether oxygens (including phenoxy) is 2. The number of rotatable bonds is 9. The number of hydrogen-bond acceptors (Lipinski definition) is 6. The lowest BCUT2D eigenvalue weighted by Gasteiger charge is -2.35. The van der Waals surface area contributed by atoms with Crippen LogP contribution in [-0.2, 0) is 24.5 Å². The van der Waals surface area contributed by atoms with Crippen LogP contribution in [0.15, 0.2) is 24.3 Å². The summed E-state index contributed by atoms with van der Waals surface area (Å²) in [5.74, 6) is -2.04. The molecule has 1 amide bonds. The number of benzene rings is 1. The molecule has 1 aliphatic rings. The minimum absolute atomic E-state index is 0.00500. The lowest BCUT2D eigenvalue weighted by atomic mass is 9.74. The van der Waals surface area contributed by atoms with Gasteiger partial charge in [-0.1, -0.05) is 25.5 Å². The normalized spacial score (nSPS) is 20.8. The highest BCUT2D eigenvalue weighted by Crippen LogP contribution is 2.37. The Morgan fingerprint density at radius 2 is 2.07 bits per heavy atom. The first-order chi connectivity index (χ1) is 14.3. The molecule has 166 valence electrons. The molecular weight excluding hydrogens is 388 g/mol. The van der Waals surface area contributed by atoms with Crippen LogP contribution in [0.3, 0.4) is 0 Å². The molecule has 8 heteroatoms. The van der Waals surface area contributed by atoms with Crippen LogP contribution in [0.5, 0.6) is 5.75 Å². The van der Waals surface area contributed by atoms with E-state index in [0.29, 0.717) is 5.75 Å². The molecule has 0 spiro atoms. The van der Waals surface area contributed by atoms with E-state index < -0.39 is 30.5 Å². The van der Waals surface area contributed by atoms with Crippen molar-refractivity contribution in [2.24, 2.45) is 0 Å². The van der Waals surface area contributed by atoms with Gasteiger partial charge in [0.1, 0.15) is 12.3 Å². The van der Waals surface area contributed by atoms with Crippen LogP contribution >= 0.6 is 0 Å². The quantitative estimate of drug-likeness (QED) is 0.465. The molecule has 30 heavy (non-hydrogen) atoms. The van der Waals surface area contributed by atoms with Gasteiger partial charge in [-0.15, -0.1) is 0 Å². The summed E-state index contributed by atoms with van der Waals surface area (Å²) in [6.07, 6.45) is 2.96. The van der Waals surface area contributed by atoms with Gasteiger partial charge in [0.2, 0.25) is 5.91 Å². The minimum Gasteiger partial charge on any atom is -0.480 e. The Bertz CT molecular complexity index is 753. The SMILES string of the molecule is CCC1(c2cccc(OC(=O)C(CC(=O)NCC(=O)O)OC)c2)CCCCN(C)C1. The van der Waals surface area contributed by atoms with Crippen LogP contribution in [-0.4, -0.2) is 67.7 Å². The second-order valence-corrected chi connectivity index (χ2v) is 7.88. The molecule has 0 radical (unpaired) electrons. The minimum atomic E-state index is -1.16. The summed E-state index contributed by atoms with van der Waals surface area (Å²) in [5, 5.41) is 10.8. The van der Waals surface area contributed by atoms with Gasteiger partial charge in [0, 0.05) is 19.1 Å². The summed E-state index contributed by atoms with van der Waals surface area (Å²) in [4.78, 5) is 37.2. The highest BCUT2D eigenvalue weighted by Gasteiger charge is 2.33. The number of esters is 1. The number of nitrogens with one attached hydrogen (secondary N) is 1. The molecule has 1 fully saturated rings. The lowest BCUT2D eigenvalue weighted by molar-refractivity contribution is -0.148. The number of carbonyl (C=O) groups excluding carboxylic acids is 2. The largest absolute Gasteiger partial charge is 0.480 e. The Morgan fingerprint density at radius 1 is 1.30 bits per heavy atom. The Balaban J connectivity index is 2.10. The van der Waals surface area contributed by atoms with Gasteiger partial charge < -0.3 is 24.8 Å². The maximum absolute atomic E-state index is 12.5. The Labute approximate surface area is 177 Å². The number of carboxylic acid groups (broad SMARTS) is 1. The lowest BCUT2D eigenvalue weighted by Crippen LogP contribution is -2.37. The van der Waals surface area contributed by atoms with Gasteiger partial charge in [-0.2, -0.15) is 0 Å². The summed E-state index contributed by atoms with van der Waals surface area (Å²) < 4.78 is 10.6. The molecule has 2 atom stereocenters. The molecule has 0 bridgehead atoms. The van der Waals surface area contributed by atoms with Gasteiger partial charge in [0.15, 0.2) is 6.10 Å². The first-order valence-corrected chi connectivity index (χ1v) is 10.3. The number of carbonyl (C=O) groups is 3. The van der Waals surface area contributed by atoms with Gasteiger partial charge in [0.25, 0.3) is 0 Å². The standard InChI is InChI=1S/C22H32N2O6/c1-4-22(10-5-6-11-24(2)15-22)16-8-7-9-17(12-16)30-21(28)18(29-3)13-19(25)23-14-20(26)27/h7-9,12,18H,4-6,10-11,13-15H2,1-3H3,(H,23,25)(H,26,27). The zero-order valence-corrected chi connectivity index (χ0v) is 18.0. The smallest absolute Gasteiger partial charge is 0.341 e. The molecule has 1 aromatic carbocycles. The summed E-state index contributed by atoms with van der Waals surface area (Å²) in [6.45, 7) is 3.70. The van der Waals surface area contributed by atoms with Crippen molar-refractivity contribution in [2.45, 2.75) is 50.5 Å². The maximum atomic E-state index is 12.5. The molecule has 1 aromatic rings. The van der Waals surface area contributed by atoms with Crippen LogP contribution in [0, 0.1) is 0 Å². The Morgan fingerprint density at radius 3 is 2.73 bits per heavy atom. The van der Waals surface area contributed by atoms with Crippen molar-refractivity contribution in [1.82, 2.24) is 10.2 Å². The number of likely N-dealkylation sites (tertiary alicyclic amines) is 1. The number of aliphatic carboxylic acids is 1. The fourth-order valence-electron chi connectivity index (χ4n) is 4.00. The average molecular weight is 421 g/mol. The summed E-state index contributed by atoms with van der Waals surface area (Å²) in [6, 6.07) is 7.56. The van der Waals surface area contributed by atoms with Crippen molar-refractivity contribution in [2.75, 3.05) is 33.8 Å². The zero-order chi connectivity index (χ0) is 22.1. The van der Waals surface area contributed by atoms with E-state index in [1.807, 2.05) is 12.1 Å². The molecule has 0 saturated carbocycles. The summed E-state index contributed by atoms with van der Waals surface area (Å²) in [7, 11) is 3.44. The van der Waals surface area contributed by atoms with Crippen molar-refractivity contribution in [3.05, 3.63) is 29.8 Å². The van der Waals surface area contributed by atoms with E-state index in [1.165, 1.54) is 13.5 Å². The van der Waals surface area contributed by atoms with Crippen molar-refractivity contribution in [1.29, 1.82) is 0 Å². The fourth-order valence-corrected chi connectivity index (χ4v) is 4.00. The number of carboxylic acids is 1. The van der Waals surface area contributed by atoms with Gasteiger partial charge in [-0.3, -0.25) is 9.59 Å². The van der Waals surface area contributed by atoms with Crippen molar-refractivity contribution in [3.8, 4) is 5.75 Å². The van der Waals surface area contributed by atoms with Crippen molar-refractivity contribution in [3.63, 3.8) is 0 Å². The molecule has 2 N–H and O–H groups in total. The molecule has 1 saturated heterocycles. The molecule has 8 nitrogen and oxygen atoms in total. The third-order valence-corrected chi connectivity index (χ3v) is 5.71. The van der Waals surface area contributed by atoms with E-state index in [2.05, 4.69) is 30.3 Å². The third kappa shape index (κ3) is 6.53. The van der Waals surface area contributed by atoms with Crippen LogP contribution in [0.2, 0.25) is 0 Å². The van der Waals surface area contributed by atoms with E-state index in [0.717, 1.165) is 37.9 Å². The number of hydrogen-bond donors (Lipinski definition) is 2. The Kier molecular flexibility index (Phi) is 8.80. The molecule has 0 aliphatic carbocycles. The van der Waals surface area contributed by atoms with Gasteiger partial charge in [0.05, 0.1) is 6.42 Å². The molecule has 2 rings (SSSR count). The number of methoxy groups -OCH3 is 1.